The molecule has 0 amide bonds. The van der Waals surface area contributed by atoms with Gasteiger partial charge < -0.3 is 9.30 Å². The van der Waals surface area contributed by atoms with Crippen LogP contribution in [0.4, 0.5) is 0 Å². The predicted molar refractivity (Wildman–Crippen MR) is 82.3 cm³/mol. The number of hydrogen-bond acceptors (Lipinski definition) is 3. The largest absolute Gasteiger partial charge is 0.378 e. The van der Waals surface area contributed by atoms with Crippen LogP contribution in [0, 0.1) is 0 Å². The second-order valence-corrected chi connectivity index (χ2v) is 5.82. The summed E-state index contributed by atoms with van der Waals surface area (Å²) in [5.41, 5.74) is 2.04. The number of aryl methyl sites for hydroxylation is 1. The molecule has 1 aromatic heterocycles. The lowest BCUT2D eigenvalue weighted by atomic mass is 10.0. The fraction of sp³-hybridized carbons (Fsp3) is 0.529. The van der Waals surface area contributed by atoms with Gasteiger partial charge in [-0.2, -0.15) is 0 Å². The number of benzene rings is 1. The number of carbonyl (C=O) groups is 1. The average Bonchev–Trinajstić information content (AvgIpc) is 2.83. The molecular formula is C17H22N2O2. The molecule has 0 bridgehead atoms. The quantitative estimate of drug-likeness (QED) is 0.848. The third-order valence-corrected chi connectivity index (χ3v) is 4.25. The average molecular weight is 286 g/mol. The number of para-hydroxylation sites is 2. The van der Waals surface area contributed by atoms with Crippen molar-refractivity contribution in [2.75, 3.05) is 6.61 Å². The van der Waals surface area contributed by atoms with Gasteiger partial charge in [-0.25, -0.2) is 4.98 Å². The number of imidazole rings is 1. The van der Waals surface area contributed by atoms with E-state index in [1.54, 1.807) is 0 Å². The smallest absolute Gasteiger partial charge is 0.140 e. The summed E-state index contributed by atoms with van der Waals surface area (Å²) in [7, 11) is 1.97. The monoisotopic (exact) mass is 286 g/mol. The van der Waals surface area contributed by atoms with Gasteiger partial charge in [0.1, 0.15) is 11.6 Å². The summed E-state index contributed by atoms with van der Waals surface area (Å²) >= 11 is 0. The molecule has 4 nitrogen and oxygen atoms in total. The van der Waals surface area contributed by atoms with Gasteiger partial charge >= 0.3 is 0 Å². The van der Waals surface area contributed by atoms with Gasteiger partial charge in [-0.3, -0.25) is 4.79 Å². The Morgan fingerprint density at radius 3 is 3.00 bits per heavy atom. The van der Waals surface area contributed by atoms with Gasteiger partial charge in [0.25, 0.3) is 0 Å². The molecule has 0 aliphatic carbocycles. The van der Waals surface area contributed by atoms with E-state index in [9.17, 15) is 4.79 Å². The molecule has 0 N–H and O–H groups in total. The van der Waals surface area contributed by atoms with Crippen LogP contribution < -0.4 is 0 Å². The van der Waals surface area contributed by atoms with Crippen molar-refractivity contribution in [3.8, 4) is 0 Å². The maximum absolute atomic E-state index is 12.2. The highest BCUT2D eigenvalue weighted by Gasteiger charge is 2.17. The molecule has 0 saturated carbocycles. The molecule has 0 radical (unpaired) electrons. The Hall–Kier alpha value is -1.68. The van der Waals surface area contributed by atoms with Gasteiger partial charge in [0, 0.05) is 20.1 Å². The molecule has 4 heteroatoms. The molecule has 1 atom stereocenters. The van der Waals surface area contributed by atoms with Crippen molar-refractivity contribution < 1.29 is 9.53 Å². The Bertz CT molecular complexity index is 627. The van der Waals surface area contributed by atoms with Crippen LogP contribution in [0.25, 0.3) is 11.0 Å². The number of nitrogens with zero attached hydrogens (tertiary/aromatic N) is 2. The van der Waals surface area contributed by atoms with Crippen molar-refractivity contribution in [1.82, 2.24) is 9.55 Å². The molecule has 1 aliphatic rings. The van der Waals surface area contributed by atoms with Gasteiger partial charge in [0.05, 0.1) is 23.6 Å². The second-order valence-electron chi connectivity index (χ2n) is 5.82. The number of ketones is 1. The summed E-state index contributed by atoms with van der Waals surface area (Å²) in [5.74, 6) is 1.10. The number of fused-ring (bicyclic) bond motifs is 1. The minimum atomic E-state index is 0.252. The van der Waals surface area contributed by atoms with Crippen LogP contribution in [-0.4, -0.2) is 28.0 Å². The zero-order valence-electron chi connectivity index (χ0n) is 12.5. The molecule has 21 heavy (non-hydrogen) atoms. The van der Waals surface area contributed by atoms with Gasteiger partial charge in [0.2, 0.25) is 0 Å². The molecule has 1 fully saturated rings. The first-order chi connectivity index (χ1) is 10.2. The van der Waals surface area contributed by atoms with Gasteiger partial charge in [-0.05, 0) is 37.8 Å². The summed E-state index contributed by atoms with van der Waals surface area (Å²) in [4.78, 5) is 16.7. The van der Waals surface area contributed by atoms with Crippen molar-refractivity contribution >= 4 is 16.8 Å². The standard InChI is InChI=1S/C17H22N2O2/c1-19-16-8-3-2-7-15(16)18-17(19)12-13(20)9-10-14-6-4-5-11-21-14/h2-3,7-8,14H,4-6,9-12H2,1H3. The molecular weight excluding hydrogens is 264 g/mol. The van der Waals surface area contributed by atoms with Crippen molar-refractivity contribution in [3.05, 3.63) is 30.1 Å². The number of Topliss-reactive ketones (excluding diaryl/α,β-unsaturated/α-hetero) is 1. The fourth-order valence-electron chi connectivity index (χ4n) is 2.98. The van der Waals surface area contributed by atoms with Crippen LogP contribution >= 0.6 is 0 Å². The first-order valence-corrected chi connectivity index (χ1v) is 7.77. The summed E-state index contributed by atoms with van der Waals surface area (Å²) < 4.78 is 7.70. The Kier molecular flexibility index (Phi) is 4.34. The molecule has 2 aromatic rings. The highest BCUT2D eigenvalue weighted by Crippen LogP contribution is 2.18. The number of ether oxygens (including phenoxy) is 1. The highest BCUT2D eigenvalue weighted by atomic mass is 16.5. The van der Waals surface area contributed by atoms with Gasteiger partial charge in [0.15, 0.2) is 0 Å². The van der Waals surface area contributed by atoms with E-state index in [4.69, 9.17) is 4.74 Å². The van der Waals surface area contributed by atoms with Gasteiger partial charge in [-0.1, -0.05) is 12.1 Å². The van der Waals surface area contributed by atoms with E-state index in [2.05, 4.69) is 4.98 Å². The van der Waals surface area contributed by atoms with Crippen molar-refractivity contribution in [1.29, 1.82) is 0 Å². The van der Waals surface area contributed by atoms with E-state index in [1.807, 2.05) is 35.9 Å². The number of aromatic nitrogens is 2. The number of hydrogen-bond donors (Lipinski definition) is 0. The normalized spacial score (nSPS) is 19.0. The van der Waals surface area contributed by atoms with E-state index >= 15 is 0 Å². The zero-order chi connectivity index (χ0) is 14.7. The van der Waals surface area contributed by atoms with Crippen LogP contribution in [0.3, 0.4) is 0 Å². The van der Waals surface area contributed by atoms with Crippen LogP contribution in [0.2, 0.25) is 0 Å². The molecule has 3 rings (SSSR count). The van der Waals surface area contributed by atoms with Crippen LogP contribution in [-0.2, 0) is 23.0 Å². The second kappa shape index (κ2) is 6.39. The van der Waals surface area contributed by atoms with E-state index in [0.29, 0.717) is 12.8 Å². The van der Waals surface area contributed by atoms with Gasteiger partial charge in [-0.15, -0.1) is 0 Å². The summed E-state index contributed by atoms with van der Waals surface area (Å²) in [6, 6.07) is 7.99. The minimum Gasteiger partial charge on any atom is -0.378 e. The summed E-state index contributed by atoms with van der Waals surface area (Å²) in [6.45, 7) is 0.851. The predicted octanol–water partition coefficient (Wildman–Crippen LogP) is 3.03. The third kappa shape index (κ3) is 3.32. The van der Waals surface area contributed by atoms with Crippen LogP contribution in [0.5, 0.6) is 0 Å². The molecule has 112 valence electrons. The summed E-state index contributed by atoms with van der Waals surface area (Å²) in [6.07, 6.45) is 5.62. The third-order valence-electron chi connectivity index (χ3n) is 4.25. The number of rotatable bonds is 5. The number of carbonyl (C=O) groups excluding carboxylic acids is 1. The maximum Gasteiger partial charge on any atom is 0.140 e. The lowest BCUT2D eigenvalue weighted by molar-refractivity contribution is -0.119. The summed E-state index contributed by atoms with van der Waals surface area (Å²) in [5, 5.41) is 0. The van der Waals surface area contributed by atoms with Crippen molar-refractivity contribution in [3.63, 3.8) is 0 Å². The van der Waals surface area contributed by atoms with Crippen LogP contribution in [0.15, 0.2) is 24.3 Å². The van der Waals surface area contributed by atoms with E-state index in [0.717, 1.165) is 42.7 Å². The van der Waals surface area contributed by atoms with E-state index < -0.39 is 0 Å². The topological polar surface area (TPSA) is 44.1 Å². The minimum absolute atomic E-state index is 0.252. The SMILES string of the molecule is Cn1c(CC(=O)CCC2CCCCO2)nc2ccccc21. The van der Waals surface area contributed by atoms with E-state index in [1.165, 1.54) is 6.42 Å². The van der Waals surface area contributed by atoms with E-state index in [-0.39, 0.29) is 11.9 Å². The van der Waals surface area contributed by atoms with Crippen molar-refractivity contribution in [2.24, 2.45) is 7.05 Å². The lowest BCUT2D eigenvalue weighted by Gasteiger charge is -2.22. The molecule has 1 unspecified atom stereocenters. The molecule has 1 aliphatic heterocycles. The Balaban J connectivity index is 1.59. The molecule has 1 saturated heterocycles. The van der Waals surface area contributed by atoms with Crippen molar-refractivity contribution in [2.45, 2.75) is 44.6 Å². The lowest BCUT2D eigenvalue weighted by Crippen LogP contribution is -2.20. The molecule has 0 spiro atoms. The highest BCUT2D eigenvalue weighted by molar-refractivity contribution is 5.82. The Labute approximate surface area is 125 Å². The molecule has 1 aromatic carbocycles. The Morgan fingerprint density at radius 1 is 1.38 bits per heavy atom. The first-order valence-electron chi connectivity index (χ1n) is 7.77. The maximum atomic E-state index is 12.2. The Morgan fingerprint density at radius 2 is 2.24 bits per heavy atom. The fourth-order valence-corrected chi connectivity index (χ4v) is 2.98. The molecule has 2 heterocycles. The zero-order valence-corrected chi connectivity index (χ0v) is 12.5. The first kappa shape index (κ1) is 14.3. The van der Waals surface area contributed by atoms with Crippen LogP contribution in [0.1, 0.15) is 37.9 Å².